The molecule has 6 heteroatoms. The molecule has 0 aliphatic heterocycles. The van der Waals surface area contributed by atoms with E-state index in [-0.39, 0.29) is 11.9 Å². The van der Waals surface area contributed by atoms with E-state index in [0.717, 1.165) is 31.2 Å². The second kappa shape index (κ2) is 7.66. The highest BCUT2D eigenvalue weighted by molar-refractivity contribution is 7.89. The van der Waals surface area contributed by atoms with Gasteiger partial charge < -0.3 is 5.32 Å². The third-order valence-electron chi connectivity index (χ3n) is 4.29. The Labute approximate surface area is 145 Å². The van der Waals surface area contributed by atoms with Crippen molar-refractivity contribution in [1.82, 2.24) is 10.0 Å². The lowest BCUT2D eigenvalue weighted by Gasteiger charge is -2.17. The van der Waals surface area contributed by atoms with Crippen molar-refractivity contribution in [3.05, 3.63) is 29.8 Å². The number of rotatable bonds is 6. The van der Waals surface area contributed by atoms with Gasteiger partial charge in [-0.05, 0) is 37.0 Å². The van der Waals surface area contributed by atoms with Crippen LogP contribution in [-0.2, 0) is 21.2 Å². The van der Waals surface area contributed by atoms with Gasteiger partial charge in [-0.1, -0.05) is 45.7 Å². The normalized spacial score (nSPS) is 16.3. The minimum Gasteiger partial charge on any atom is -0.355 e. The summed E-state index contributed by atoms with van der Waals surface area (Å²) in [5.41, 5.74) is 0.605. The summed E-state index contributed by atoms with van der Waals surface area (Å²) >= 11 is 0. The van der Waals surface area contributed by atoms with E-state index in [0.29, 0.717) is 17.9 Å². The third-order valence-corrected chi connectivity index (χ3v) is 5.83. The Morgan fingerprint density at radius 1 is 1.12 bits per heavy atom. The summed E-state index contributed by atoms with van der Waals surface area (Å²) in [6, 6.07) is 6.97. The van der Waals surface area contributed by atoms with Gasteiger partial charge in [0.15, 0.2) is 0 Å². The summed E-state index contributed by atoms with van der Waals surface area (Å²) in [4.78, 5) is 12.1. The topological polar surface area (TPSA) is 75.3 Å². The minimum atomic E-state index is -3.43. The fraction of sp³-hybridized carbons (Fsp3) is 0.611. The van der Waals surface area contributed by atoms with Gasteiger partial charge in [-0.3, -0.25) is 4.79 Å². The number of hydrogen-bond donors (Lipinski definition) is 2. The largest absolute Gasteiger partial charge is 0.355 e. The van der Waals surface area contributed by atoms with Crippen LogP contribution in [0.15, 0.2) is 29.2 Å². The van der Waals surface area contributed by atoms with Gasteiger partial charge >= 0.3 is 0 Å². The summed E-state index contributed by atoms with van der Waals surface area (Å²) in [6.07, 6.45) is 4.70. The first-order valence-electron chi connectivity index (χ1n) is 8.58. The van der Waals surface area contributed by atoms with E-state index in [9.17, 15) is 13.2 Å². The summed E-state index contributed by atoms with van der Waals surface area (Å²) in [5.74, 6) is 0.0162. The van der Waals surface area contributed by atoms with Crippen LogP contribution in [0.25, 0.3) is 0 Å². The maximum absolute atomic E-state index is 12.3. The van der Waals surface area contributed by atoms with Crippen LogP contribution in [0.3, 0.4) is 0 Å². The van der Waals surface area contributed by atoms with Gasteiger partial charge in [-0.25, -0.2) is 13.1 Å². The lowest BCUT2D eigenvalue weighted by Crippen LogP contribution is -2.35. The van der Waals surface area contributed by atoms with Crippen molar-refractivity contribution in [1.29, 1.82) is 0 Å². The maximum Gasteiger partial charge on any atom is 0.240 e. The number of nitrogens with one attached hydrogen (secondary N) is 2. The zero-order valence-corrected chi connectivity index (χ0v) is 15.6. The minimum absolute atomic E-state index is 0.0162. The van der Waals surface area contributed by atoms with Crippen molar-refractivity contribution in [2.24, 2.45) is 5.41 Å². The predicted octanol–water partition coefficient (Wildman–Crippen LogP) is 2.61. The van der Waals surface area contributed by atoms with Crippen LogP contribution in [0, 0.1) is 5.41 Å². The summed E-state index contributed by atoms with van der Waals surface area (Å²) in [7, 11) is -3.43. The zero-order chi connectivity index (χ0) is 17.8. The van der Waals surface area contributed by atoms with Crippen LogP contribution in [0.5, 0.6) is 0 Å². The Bertz CT molecular complexity index is 654. The third kappa shape index (κ3) is 5.31. The van der Waals surface area contributed by atoms with Crippen LogP contribution >= 0.6 is 0 Å². The van der Waals surface area contributed by atoms with Gasteiger partial charge in [-0.2, -0.15) is 0 Å². The van der Waals surface area contributed by atoms with E-state index in [2.05, 4.69) is 10.0 Å². The first kappa shape index (κ1) is 18.9. The monoisotopic (exact) mass is 352 g/mol. The quantitative estimate of drug-likeness (QED) is 0.826. The van der Waals surface area contributed by atoms with Crippen molar-refractivity contribution in [3.8, 4) is 0 Å². The van der Waals surface area contributed by atoms with Crippen LogP contribution in [0.4, 0.5) is 0 Å². The Morgan fingerprint density at radius 3 is 2.25 bits per heavy atom. The lowest BCUT2D eigenvalue weighted by atomic mass is 9.95. The lowest BCUT2D eigenvalue weighted by molar-refractivity contribution is -0.128. The molecule has 2 N–H and O–H groups in total. The highest BCUT2D eigenvalue weighted by Gasteiger charge is 2.23. The molecule has 134 valence electrons. The predicted molar refractivity (Wildman–Crippen MR) is 95.2 cm³/mol. The second-order valence-electron chi connectivity index (χ2n) is 7.50. The van der Waals surface area contributed by atoms with E-state index in [1.165, 1.54) is 0 Å². The van der Waals surface area contributed by atoms with Crippen LogP contribution < -0.4 is 10.0 Å². The number of benzene rings is 1. The standard InChI is InChI=1S/C18H28N2O3S/c1-18(2,3)17(21)19-13-12-14-8-10-16(11-9-14)24(22,23)20-15-6-4-5-7-15/h8-11,15,20H,4-7,12-13H2,1-3H3,(H,19,21). The molecule has 0 heterocycles. The van der Waals surface area contributed by atoms with Gasteiger partial charge in [0.05, 0.1) is 4.90 Å². The SMILES string of the molecule is CC(C)(C)C(=O)NCCc1ccc(S(=O)(=O)NC2CCCC2)cc1. The van der Waals surface area contributed by atoms with Gasteiger partial charge in [0.25, 0.3) is 0 Å². The molecule has 0 saturated heterocycles. The molecule has 0 radical (unpaired) electrons. The van der Waals surface area contributed by atoms with E-state index >= 15 is 0 Å². The molecule has 1 aliphatic carbocycles. The highest BCUT2D eigenvalue weighted by Crippen LogP contribution is 2.20. The molecule has 1 aliphatic rings. The Kier molecular flexibility index (Phi) is 6.04. The summed E-state index contributed by atoms with van der Waals surface area (Å²) < 4.78 is 27.5. The molecule has 1 fully saturated rings. The van der Waals surface area contributed by atoms with E-state index in [1.54, 1.807) is 12.1 Å². The van der Waals surface area contributed by atoms with Crippen molar-refractivity contribution in [2.75, 3.05) is 6.54 Å². The van der Waals surface area contributed by atoms with E-state index in [4.69, 9.17) is 0 Å². The Balaban J connectivity index is 1.89. The molecule has 1 aromatic rings. The molecule has 24 heavy (non-hydrogen) atoms. The summed E-state index contributed by atoms with van der Waals surface area (Å²) in [5, 5.41) is 2.89. The number of carbonyl (C=O) groups excluding carboxylic acids is 1. The van der Waals surface area contributed by atoms with Gasteiger partial charge in [0.2, 0.25) is 15.9 Å². The molecule has 0 bridgehead atoms. The van der Waals surface area contributed by atoms with E-state index in [1.807, 2.05) is 32.9 Å². The molecule has 0 spiro atoms. The molecular formula is C18H28N2O3S. The number of amides is 1. The highest BCUT2D eigenvalue weighted by atomic mass is 32.2. The maximum atomic E-state index is 12.3. The molecule has 1 saturated carbocycles. The fourth-order valence-electron chi connectivity index (χ4n) is 2.75. The molecule has 0 unspecified atom stereocenters. The van der Waals surface area contributed by atoms with Crippen LogP contribution in [0.1, 0.15) is 52.0 Å². The van der Waals surface area contributed by atoms with Crippen molar-refractivity contribution in [2.45, 2.75) is 63.8 Å². The zero-order valence-electron chi connectivity index (χ0n) is 14.8. The van der Waals surface area contributed by atoms with Crippen molar-refractivity contribution in [3.63, 3.8) is 0 Å². The average Bonchev–Trinajstić information content (AvgIpc) is 2.99. The summed E-state index contributed by atoms with van der Waals surface area (Å²) in [6.45, 7) is 6.17. The molecular weight excluding hydrogens is 324 g/mol. The Hall–Kier alpha value is -1.40. The van der Waals surface area contributed by atoms with Gasteiger partial charge in [-0.15, -0.1) is 0 Å². The number of sulfonamides is 1. The number of carbonyl (C=O) groups is 1. The van der Waals surface area contributed by atoms with Gasteiger partial charge in [0.1, 0.15) is 0 Å². The van der Waals surface area contributed by atoms with Crippen molar-refractivity contribution >= 4 is 15.9 Å². The fourth-order valence-corrected chi connectivity index (χ4v) is 4.06. The smallest absolute Gasteiger partial charge is 0.240 e. The average molecular weight is 353 g/mol. The number of hydrogen-bond acceptors (Lipinski definition) is 3. The second-order valence-corrected chi connectivity index (χ2v) is 9.22. The van der Waals surface area contributed by atoms with Crippen LogP contribution in [-0.4, -0.2) is 26.9 Å². The van der Waals surface area contributed by atoms with Crippen molar-refractivity contribution < 1.29 is 13.2 Å². The molecule has 1 amide bonds. The Morgan fingerprint density at radius 2 is 1.71 bits per heavy atom. The van der Waals surface area contributed by atoms with Gasteiger partial charge in [0, 0.05) is 18.0 Å². The molecule has 0 aromatic heterocycles. The molecule has 1 aromatic carbocycles. The molecule has 5 nitrogen and oxygen atoms in total. The molecule has 2 rings (SSSR count). The first-order valence-corrected chi connectivity index (χ1v) is 10.1. The van der Waals surface area contributed by atoms with E-state index < -0.39 is 15.4 Å². The van der Waals surface area contributed by atoms with Crippen LogP contribution in [0.2, 0.25) is 0 Å². The molecule has 0 atom stereocenters. The first-order chi connectivity index (χ1) is 11.2.